The van der Waals surface area contributed by atoms with Gasteiger partial charge in [-0.1, -0.05) is 155 Å². The third kappa shape index (κ3) is 22.1. The Balaban J connectivity index is 1.90. The molecule has 0 atom stereocenters. The molecule has 1 nitrogen and oxygen atoms in total. The molecule has 0 bridgehead atoms. The largest absolute Gasteiger partial charge is 0.205 e. The molecule has 0 aromatic carbocycles. The fraction of sp³-hybridized carbons (Fsp3) is 0.853. The lowest BCUT2D eigenvalue weighted by Crippen LogP contribution is -2.33. The highest BCUT2D eigenvalue weighted by Crippen LogP contribution is 2.14. The maximum atomic E-state index is 2.44. The molecule has 0 aliphatic rings. The third-order valence-electron chi connectivity index (χ3n) is 7.76. The summed E-state index contributed by atoms with van der Waals surface area (Å²) in [5.41, 5.74) is 1.54. The van der Waals surface area contributed by atoms with E-state index < -0.39 is 0 Å². The molecule has 0 N–H and O–H groups in total. The minimum Gasteiger partial charge on any atom is -0.205 e. The van der Waals surface area contributed by atoms with Crippen LogP contribution in [0.3, 0.4) is 0 Å². The normalized spacial score (nSPS) is 11.4. The summed E-state index contributed by atoms with van der Waals surface area (Å²) in [5, 5.41) is 0. The van der Waals surface area contributed by atoms with Gasteiger partial charge in [0.1, 0.15) is 6.54 Å². The Morgan fingerprint density at radius 2 is 0.829 bits per heavy atom. The van der Waals surface area contributed by atoms with Crippen molar-refractivity contribution >= 4 is 0 Å². The number of rotatable bonds is 27. The summed E-state index contributed by atoms with van der Waals surface area (Å²) in [7, 11) is 0. The first-order valence-corrected chi connectivity index (χ1v) is 16.3. The lowest BCUT2D eigenvalue weighted by Gasteiger charge is -2.04. The van der Waals surface area contributed by atoms with Crippen LogP contribution in [0.2, 0.25) is 0 Å². The lowest BCUT2D eigenvalue weighted by atomic mass is 10.0. The maximum Gasteiger partial charge on any atom is 0.171 e. The van der Waals surface area contributed by atoms with Crippen molar-refractivity contribution in [1.29, 1.82) is 0 Å². The molecule has 204 valence electrons. The molecule has 1 aromatic rings. The van der Waals surface area contributed by atoms with Crippen LogP contribution in [0, 0.1) is 0 Å². The van der Waals surface area contributed by atoms with Crippen molar-refractivity contribution in [2.75, 3.05) is 0 Å². The van der Waals surface area contributed by atoms with Gasteiger partial charge in [-0.3, -0.25) is 0 Å². The van der Waals surface area contributed by atoms with E-state index in [0.29, 0.717) is 0 Å². The van der Waals surface area contributed by atoms with Crippen molar-refractivity contribution in [1.82, 2.24) is 0 Å². The molecule has 0 fully saturated rings. The Morgan fingerprint density at radius 3 is 1.26 bits per heavy atom. The number of hydrogen-bond acceptors (Lipinski definition) is 0. The maximum absolute atomic E-state index is 2.44. The first kappa shape index (κ1) is 32.2. The number of aryl methyl sites for hydroxylation is 2. The number of nitrogens with zero attached hydrogens (tertiary/aromatic N) is 1. The second kappa shape index (κ2) is 26.2. The number of unbranched alkanes of at least 4 members (excludes halogenated alkanes) is 23. The van der Waals surface area contributed by atoms with Crippen LogP contribution in [0.5, 0.6) is 0 Å². The SMILES string of the molecule is CCCCCCCCCCCCCCC[n+]1cccc(CCCCCCCCCCCCCC)c1. The van der Waals surface area contributed by atoms with Crippen LogP contribution in [-0.4, -0.2) is 0 Å². The van der Waals surface area contributed by atoms with Crippen molar-refractivity contribution in [3.05, 3.63) is 30.1 Å². The van der Waals surface area contributed by atoms with E-state index in [0.717, 1.165) is 0 Å². The van der Waals surface area contributed by atoms with Gasteiger partial charge in [0.05, 0.1) is 0 Å². The quantitative estimate of drug-likeness (QED) is 0.0859. The van der Waals surface area contributed by atoms with Crippen molar-refractivity contribution in [3.63, 3.8) is 0 Å². The second-order valence-corrected chi connectivity index (χ2v) is 11.3. The summed E-state index contributed by atoms with van der Waals surface area (Å²) < 4.78 is 2.44. The van der Waals surface area contributed by atoms with Gasteiger partial charge in [0.15, 0.2) is 12.4 Å². The van der Waals surface area contributed by atoms with E-state index in [1.807, 2.05) is 0 Å². The Morgan fingerprint density at radius 1 is 0.457 bits per heavy atom. The average Bonchev–Trinajstić information content (AvgIpc) is 2.88. The third-order valence-corrected chi connectivity index (χ3v) is 7.76. The molecular weight excluding hydrogens is 422 g/mol. The predicted molar refractivity (Wildman–Crippen MR) is 157 cm³/mol. The van der Waals surface area contributed by atoms with E-state index in [2.05, 4.69) is 42.9 Å². The van der Waals surface area contributed by atoms with Gasteiger partial charge in [-0.05, 0) is 25.3 Å². The number of pyridine rings is 1. The Kier molecular flexibility index (Phi) is 24.1. The molecule has 35 heavy (non-hydrogen) atoms. The molecule has 0 radical (unpaired) electrons. The molecule has 0 aliphatic heterocycles. The average molecular weight is 487 g/mol. The molecule has 0 saturated carbocycles. The van der Waals surface area contributed by atoms with E-state index >= 15 is 0 Å². The number of hydrogen-bond donors (Lipinski definition) is 0. The topological polar surface area (TPSA) is 3.88 Å². The Hall–Kier alpha value is -0.850. The van der Waals surface area contributed by atoms with E-state index in [1.54, 1.807) is 0 Å². The van der Waals surface area contributed by atoms with Crippen LogP contribution in [0.1, 0.15) is 180 Å². The van der Waals surface area contributed by atoms with Crippen molar-refractivity contribution in [2.24, 2.45) is 0 Å². The molecule has 1 rings (SSSR count). The van der Waals surface area contributed by atoms with Crippen LogP contribution in [-0.2, 0) is 13.0 Å². The van der Waals surface area contributed by atoms with E-state index in [1.165, 1.54) is 179 Å². The first-order valence-electron chi connectivity index (χ1n) is 16.3. The minimum atomic E-state index is 1.20. The molecule has 0 saturated heterocycles. The van der Waals surface area contributed by atoms with Crippen LogP contribution in [0.25, 0.3) is 0 Å². The summed E-state index contributed by atoms with van der Waals surface area (Å²) in [5.74, 6) is 0. The van der Waals surface area contributed by atoms with Gasteiger partial charge in [0.2, 0.25) is 0 Å². The highest BCUT2D eigenvalue weighted by atomic mass is 14.9. The van der Waals surface area contributed by atoms with E-state index in [-0.39, 0.29) is 0 Å². The zero-order valence-electron chi connectivity index (χ0n) is 24.3. The highest BCUT2D eigenvalue weighted by Gasteiger charge is 2.03. The zero-order chi connectivity index (χ0) is 25.1. The molecular formula is C34H64N+. The smallest absolute Gasteiger partial charge is 0.171 e. The molecule has 0 aliphatic carbocycles. The summed E-state index contributed by atoms with van der Waals surface area (Å²) in [6, 6.07) is 4.59. The minimum absolute atomic E-state index is 1.20. The fourth-order valence-corrected chi connectivity index (χ4v) is 5.35. The standard InChI is InChI=1S/C34H64N/c1-3-5-7-9-11-13-15-17-19-21-23-25-27-31-35-32-28-30-34(33-35)29-26-24-22-20-18-16-14-12-10-8-6-4-2/h28,30,32-33H,3-27,29,31H2,1-2H3/q+1. The summed E-state index contributed by atoms with van der Waals surface area (Å²) >= 11 is 0. The Labute approximate surface area is 221 Å². The first-order chi connectivity index (χ1) is 17.4. The lowest BCUT2D eigenvalue weighted by molar-refractivity contribution is -0.697. The molecule has 0 spiro atoms. The predicted octanol–water partition coefficient (Wildman–Crippen LogP) is 11.3. The van der Waals surface area contributed by atoms with Crippen LogP contribution in [0.4, 0.5) is 0 Å². The van der Waals surface area contributed by atoms with Crippen LogP contribution in [0.15, 0.2) is 24.5 Å². The molecule has 1 aromatic heterocycles. The van der Waals surface area contributed by atoms with E-state index in [4.69, 9.17) is 0 Å². The molecule has 0 amide bonds. The van der Waals surface area contributed by atoms with Gasteiger partial charge in [-0.15, -0.1) is 0 Å². The van der Waals surface area contributed by atoms with E-state index in [9.17, 15) is 0 Å². The van der Waals surface area contributed by atoms with Gasteiger partial charge < -0.3 is 0 Å². The monoisotopic (exact) mass is 487 g/mol. The van der Waals surface area contributed by atoms with Crippen molar-refractivity contribution in [2.45, 2.75) is 187 Å². The molecule has 0 unspecified atom stereocenters. The van der Waals surface area contributed by atoms with Crippen molar-refractivity contribution in [3.8, 4) is 0 Å². The summed E-state index contributed by atoms with van der Waals surface area (Å²) in [6.45, 7) is 5.80. The van der Waals surface area contributed by atoms with Crippen LogP contribution >= 0.6 is 0 Å². The van der Waals surface area contributed by atoms with Gasteiger partial charge in [-0.25, -0.2) is 4.57 Å². The van der Waals surface area contributed by atoms with Gasteiger partial charge >= 0.3 is 0 Å². The van der Waals surface area contributed by atoms with Gasteiger partial charge in [-0.2, -0.15) is 0 Å². The van der Waals surface area contributed by atoms with Crippen LogP contribution < -0.4 is 4.57 Å². The van der Waals surface area contributed by atoms with Gasteiger partial charge in [0.25, 0.3) is 0 Å². The number of aromatic nitrogens is 1. The Bertz CT molecular complexity index is 537. The highest BCUT2D eigenvalue weighted by molar-refractivity contribution is 5.05. The fourth-order valence-electron chi connectivity index (χ4n) is 5.35. The summed E-state index contributed by atoms with van der Waals surface area (Å²) in [4.78, 5) is 0. The van der Waals surface area contributed by atoms with Gasteiger partial charge in [0, 0.05) is 18.1 Å². The van der Waals surface area contributed by atoms with Crippen molar-refractivity contribution < 1.29 is 4.57 Å². The molecule has 1 heteroatoms. The summed E-state index contributed by atoms with van der Waals surface area (Å²) in [6.07, 6.45) is 41.8. The zero-order valence-corrected chi connectivity index (χ0v) is 24.3. The molecule has 1 heterocycles. The second-order valence-electron chi connectivity index (χ2n) is 11.3.